The second kappa shape index (κ2) is 8.25. The highest BCUT2D eigenvalue weighted by atomic mass is 15.2. The van der Waals surface area contributed by atoms with Gasteiger partial charge in [-0.1, -0.05) is 25.5 Å². The van der Waals surface area contributed by atoms with E-state index >= 15 is 0 Å². The van der Waals surface area contributed by atoms with Crippen LogP contribution in [0.4, 0.5) is 11.5 Å². The van der Waals surface area contributed by atoms with E-state index in [0.717, 1.165) is 24.5 Å². The molecule has 2 aromatic heterocycles. The molecule has 121 valence electrons. The van der Waals surface area contributed by atoms with Gasteiger partial charge < -0.3 is 4.90 Å². The van der Waals surface area contributed by atoms with Crippen molar-refractivity contribution in [2.24, 2.45) is 0 Å². The number of benzene rings is 1. The highest BCUT2D eigenvalue weighted by molar-refractivity contribution is 5.60. The van der Waals surface area contributed by atoms with E-state index in [4.69, 9.17) is 0 Å². The van der Waals surface area contributed by atoms with Crippen LogP contribution in [0.5, 0.6) is 0 Å². The van der Waals surface area contributed by atoms with Crippen LogP contribution in [0.25, 0.3) is 0 Å². The molecule has 24 heavy (non-hydrogen) atoms. The van der Waals surface area contributed by atoms with Crippen molar-refractivity contribution in [3.8, 4) is 0 Å². The molecule has 0 unspecified atom stereocenters. The maximum absolute atomic E-state index is 4.48. The summed E-state index contributed by atoms with van der Waals surface area (Å²) in [5, 5.41) is 0. The van der Waals surface area contributed by atoms with Crippen LogP contribution in [0.3, 0.4) is 0 Å². The third-order valence-electron chi connectivity index (χ3n) is 4.00. The summed E-state index contributed by atoms with van der Waals surface area (Å²) in [6.45, 7) is 2.96. The molecule has 3 nitrogen and oxygen atoms in total. The number of unbranched alkanes of at least 4 members (excludes halogenated alkanes) is 1. The van der Waals surface area contributed by atoms with Crippen molar-refractivity contribution in [1.82, 2.24) is 9.97 Å². The Morgan fingerprint density at radius 2 is 1.75 bits per heavy atom. The highest BCUT2D eigenvalue weighted by Crippen LogP contribution is 2.26. The average molecular weight is 316 g/mol. The number of hydrogen-bond donors (Lipinski definition) is 0. The maximum Gasteiger partial charge on any atom is 0.141 e. The van der Waals surface area contributed by atoms with Gasteiger partial charge in [-0.05, 0) is 60.4 Å². The van der Waals surface area contributed by atoms with Crippen molar-refractivity contribution in [2.45, 2.75) is 32.7 Å². The van der Waals surface area contributed by atoms with Crippen molar-refractivity contribution < 1.29 is 0 Å². The first kappa shape index (κ1) is 16.2. The first-order chi connectivity index (χ1) is 11.9. The zero-order valence-corrected chi connectivity index (χ0v) is 14.0. The fraction of sp³-hybridized carbons (Fsp3) is 0.238. The molecule has 1 aromatic carbocycles. The molecule has 0 amide bonds. The van der Waals surface area contributed by atoms with Gasteiger partial charge >= 0.3 is 0 Å². The normalized spacial score (nSPS) is 10.5. The minimum Gasteiger partial charge on any atom is -0.321 e. The number of anilines is 2. The van der Waals surface area contributed by atoms with E-state index in [2.05, 4.69) is 52.1 Å². The zero-order chi connectivity index (χ0) is 16.6. The van der Waals surface area contributed by atoms with Crippen LogP contribution in [0, 0.1) is 6.07 Å². The summed E-state index contributed by atoms with van der Waals surface area (Å²) in [6, 6.07) is 19.9. The molecule has 0 fully saturated rings. The summed E-state index contributed by atoms with van der Waals surface area (Å²) in [5.41, 5.74) is 3.70. The van der Waals surface area contributed by atoms with Gasteiger partial charge in [0.05, 0.1) is 0 Å². The monoisotopic (exact) mass is 316 g/mol. The van der Waals surface area contributed by atoms with Gasteiger partial charge in [-0.25, -0.2) is 4.98 Å². The first-order valence-corrected chi connectivity index (χ1v) is 8.45. The lowest BCUT2D eigenvalue weighted by Crippen LogP contribution is -2.17. The molecule has 0 saturated heterocycles. The van der Waals surface area contributed by atoms with E-state index < -0.39 is 0 Å². The second-order valence-electron chi connectivity index (χ2n) is 5.82. The van der Waals surface area contributed by atoms with Crippen molar-refractivity contribution in [2.75, 3.05) is 4.90 Å². The Balaban J connectivity index is 1.87. The largest absolute Gasteiger partial charge is 0.321 e. The molecule has 1 radical (unpaired) electrons. The molecule has 3 rings (SSSR count). The Kier molecular flexibility index (Phi) is 5.56. The average Bonchev–Trinajstić information content (AvgIpc) is 2.66. The molecule has 0 bridgehead atoms. The Morgan fingerprint density at radius 3 is 2.42 bits per heavy atom. The lowest BCUT2D eigenvalue weighted by Gasteiger charge is -2.24. The van der Waals surface area contributed by atoms with Crippen molar-refractivity contribution in [3.05, 3.63) is 84.3 Å². The number of nitrogens with zero attached hydrogens (tertiary/aromatic N) is 3. The van der Waals surface area contributed by atoms with Gasteiger partial charge in [0.25, 0.3) is 0 Å². The molecule has 3 aromatic rings. The number of aryl methyl sites for hydroxylation is 1. The number of pyridine rings is 2. The van der Waals surface area contributed by atoms with Gasteiger partial charge in [0.2, 0.25) is 0 Å². The van der Waals surface area contributed by atoms with Gasteiger partial charge in [0, 0.05) is 36.9 Å². The molecule has 0 aliphatic rings. The van der Waals surface area contributed by atoms with E-state index in [-0.39, 0.29) is 0 Å². The lowest BCUT2D eigenvalue weighted by molar-refractivity contribution is 0.795. The van der Waals surface area contributed by atoms with Crippen LogP contribution in [0.15, 0.2) is 67.1 Å². The van der Waals surface area contributed by atoms with Crippen molar-refractivity contribution in [1.29, 1.82) is 0 Å². The SMILES string of the molecule is CCCCc1ccc(N(Cc2ccncc2)c2[c]cccn2)cc1. The molecular formula is C21H22N3. The molecule has 0 aliphatic heterocycles. The second-order valence-corrected chi connectivity index (χ2v) is 5.82. The van der Waals surface area contributed by atoms with Crippen LogP contribution >= 0.6 is 0 Å². The van der Waals surface area contributed by atoms with Crippen LogP contribution in [0.1, 0.15) is 30.9 Å². The lowest BCUT2D eigenvalue weighted by atomic mass is 10.1. The molecule has 0 aliphatic carbocycles. The van der Waals surface area contributed by atoms with Crippen LogP contribution in [-0.4, -0.2) is 9.97 Å². The Labute approximate surface area is 144 Å². The summed E-state index contributed by atoms with van der Waals surface area (Å²) >= 11 is 0. The number of aromatic nitrogens is 2. The molecule has 0 spiro atoms. The third kappa shape index (κ3) is 4.19. The van der Waals surface area contributed by atoms with Crippen LogP contribution in [-0.2, 0) is 13.0 Å². The number of rotatable bonds is 7. The van der Waals surface area contributed by atoms with Crippen molar-refractivity contribution in [3.63, 3.8) is 0 Å². The van der Waals surface area contributed by atoms with Crippen molar-refractivity contribution >= 4 is 11.5 Å². The standard InChI is InChI=1S/C21H22N3/c1-2-3-6-18-8-10-20(11-9-18)24(21-7-4-5-14-23-21)17-19-12-15-22-16-13-19/h4-5,8-16H,2-3,6,17H2,1H3. The molecule has 0 atom stereocenters. The third-order valence-corrected chi connectivity index (χ3v) is 4.00. The van der Waals surface area contributed by atoms with Gasteiger partial charge in [0.1, 0.15) is 5.82 Å². The van der Waals surface area contributed by atoms with Gasteiger partial charge in [-0.15, -0.1) is 0 Å². The highest BCUT2D eigenvalue weighted by Gasteiger charge is 2.11. The summed E-state index contributed by atoms with van der Waals surface area (Å²) in [4.78, 5) is 10.8. The molecule has 3 heteroatoms. The summed E-state index contributed by atoms with van der Waals surface area (Å²) in [5.74, 6) is 0.829. The van der Waals surface area contributed by atoms with Gasteiger partial charge in [-0.3, -0.25) is 4.98 Å². The minimum atomic E-state index is 0.740. The number of hydrogen-bond acceptors (Lipinski definition) is 3. The van der Waals surface area contributed by atoms with Gasteiger partial charge in [-0.2, -0.15) is 0 Å². The van der Waals surface area contributed by atoms with Crippen LogP contribution < -0.4 is 4.90 Å². The minimum absolute atomic E-state index is 0.740. The molecule has 0 N–H and O–H groups in total. The Hall–Kier alpha value is -2.68. The smallest absolute Gasteiger partial charge is 0.141 e. The van der Waals surface area contributed by atoms with E-state index in [1.165, 1.54) is 24.0 Å². The zero-order valence-electron chi connectivity index (χ0n) is 14.0. The Morgan fingerprint density at radius 1 is 0.958 bits per heavy atom. The summed E-state index contributed by atoms with van der Waals surface area (Å²) < 4.78 is 0. The predicted octanol–water partition coefficient (Wildman–Crippen LogP) is 4.96. The fourth-order valence-corrected chi connectivity index (χ4v) is 2.65. The van der Waals surface area contributed by atoms with E-state index in [0.29, 0.717) is 0 Å². The van der Waals surface area contributed by atoms with Gasteiger partial charge in [0.15, 0.2) is 0 Å². The van der Waals surface area contributed by atoms with Crippen LogP contribution in [0.2, 0.25) is 0 Å². The Bertz CT molecular complexity index is 724. The first-order valence-electron chi connectivity index (χ1n) is 8.45. The molecule has 0 saturated carbocycles. The molecule has 2 heterocycles. The fourth-order valence-electron chi connectivity index (χ4n) is 2.65. The molecular weight excluding hydrogens is 294 g/mol. The van der Waals surface area contributed by atoms with E-state index in [9.17, 15) is 0 Å². The topological polar surface area (TPSA) is 29.0 Å². The predicted molar refractivity (Wildman–Crippen MR) is 98.2 cm³/mol. The summed E-state index contributed by atoms with van der Waals surface area (Å²) in [6.07, 6.45) is 9.04. The maximum atomic E-state index is 4.48. The summed E-state index contributed by atoms with van der Waals surface area (Å²) in [7, 11) is 0. The van der Waals surface area contributed by atoms with E-state index in [1.54, 1.807) is 6.20 Å². The van der Waals surface area contributed by atoms with E-state index in [1.807, 2.05) is 36.7 Å². The quantitative estimate of drug-likeness (QED) is 0.617.